The monoisotopic (exact) mass is 586 g/mol. The van der Waals surface area contributed by atoms with Gasteiger partial charge in [-0.3, -0.25) is 0 Å². The first-order chi connectivity index (χ1) is 17.3. The molecule has 7 heteroatoms. The molecule has 5 rings (SSSR count). The molecule has 0 saturated carbocycles. The van der Waals surface area contributed by atoms with Crippen molar-refractivity contribution in [3.8, 4) is 17.2 Å². The molecule has 0 spiro atoms. The number of hydrogen-bond donors (Lipinski definition) is 0. The van der Waals surface area contributed by atoms with Gasteiger partial charge in [0, 0.05) is 37.7 Å². The number of hydrogen-bond acceptors (Lipinski definition) is 3. The number of rotatable bonds is 8. The van der Waals surface area contributed by atoms with Crippen LogP contribution in [-0.2, 0) is 16.5 Å². The van der Waals surface area contributed by atoms with Gasteiger partial charge in [-0.15, -0.1) is 18.2 Å². The van der Waals surface area contributed by atoms with Crippen molar-refractivity contribution in [2.75, 3.05) is 0 Å². The minimum Gasteiger partial charge on any atom is -0.872 e. The minimum atomic E-state index is -1.18. The number of benzene rings is 5. The summed E-state index contributed by atoms with van der Waals surface area (Å²) in [5, 5.41) is 16.9. The molecule has 0 aliphatic carbocycles. The van der Waals surface area contributed by atoms with E-state index in [9.17, 15) is 5.11 Å². The van der Waals surface area contributed by atoms with Crippen LogP contribution in [0.5, 0.6) is 17.2 Å². The van der Waals surface area contributed by atoms with Gasteiger partial charge in [-0.1, -0.05) is 121 Å². The maximum absolute atomic E-state index is 12.7. The third-order valence-electron chi connectivity index (χ3n) is 5.14. The molecule has 0 saturated heterocycles. The number of halogens is 1. The van der Waals surface area contributed by atoms with E-state index < -0.39 is 16.3 Å². The summed E-state index contributed by atoms with van der Waals surface area (Å²) in [7, 11) is -2.36. The van der Waals surface area contributed by atoms with Gasteiger partial charge < -0.3 is 14.2 Å². The fourth-order valence-corrected chi connectivity index (χ4v) is 6.93. The molecule has 0 aromatic heterocycles. The summed E-state index contributed by atoms with van der Waals surface area (Å²) in [5.74, 6) is 0.575. The van der Waals surface area contributed by atoms with Gasteiger partial charge in [0.25, 0.3) is 0 Å². The second kappa shape index (κ2) is 14.2. The summed E-state index contributed by atoms with van der Waals surface area (Å²) in [4.78, 5) is 0. The normalized spacial score (nSPS) is 10.3. The molecule has 0 unspecified atom stereocenters. The SMILES string of the molecule is Cl.[Ni].[O-]c1cc(OP(c2ccccc2)c2ccccc2)[c]c(OP(c2ccccc2)c2ccccc2)c1. The van der Waals surface area contributed by atoms with Crippen molar-refractivity contribution in [1.29, 1.82) is 0 Å². The van der Waals surface area contributed by atoms with Crippen LogP contribution in [0.4, 0.5) is 0 Å². The van der Waals surface area contributed by atoms with Crippen LogP contribution in [0, 0.1) is 6.07 Å². The summed E-state index contributed by atoms with van der Waals surface area (Å²) in [6.07, 6.45) is 0. The molecular formula is C30H23ClNiO3P2-. The Morgan fingerprint density at radius 3 is 1.03 bits per heavy atom. The van der Waals surface area contributed by atoms with Gasteiger partial charge in [0.1, 0.15) is 11.5 Å². The van der Waals surface area contributed by atoms with E-state index in [1.807, 2.05) is 121 Å². The largest absolute Gasteiger partial charge is 0.872 e. The molecule has 0 N–H and O–H groups in total. The summed E-state index contributed by atoms with van der Waals surface area (Å²) in [6.45, 7) is 0. The van der Waals surface area contributed by atoms with E-state index in [0.29, 0.717) is 11.5 Å². The van der Waals surface area contributed by atoms with Crippen molar-refractivity contribution in [3.05, 3.63) is 140 Å². The van der Waals surface area contributed by atoms with Crippen LogP contribution in [0.2, 0.25) is 0 Å². The van der Waals surface area contributed by atoms with Gasteiger partial charge in [-0.2, -0.15) is 0 Å². The van der Waals surface area contributed by atoms with E-state index in [1.165, 1.54) is 12.1 Å². The summed E-state index contributed by atoms with van der Waals surface area (Å²) >= 11 is 0. The van der Waals surface area contributed by atoms with Crippen LogP contribution in [0.25, 0.3) is 0 Å². The Labute approximate surface area is 236 Å². The predicted octanol–water partition coefficient (Wildman–Crippen LogP) is 5.83. The van der Waals surface area contributed by atoms with Gasteiger partial charge in [0.2, 0.25) is 0 Å². The van der Waals surface area contributed by atoms with Crippen LogP contribution < -0.4 is 35.4 Å². The van der Waals surface area contributed by atoms with Crippen LogP contribution in [0.3, 0.4) is 0 Å². The van der Waals surface area contributed by atoms with E-state index >= 15 is 0 Å². The maximum Gasteiger partial charge on any atom is 0.150 e. The van der Waals surface area contributed by atoms with Crippen molar-refractivity contribution in [2.24, 2.45) is 0 Å². The van der Waals surface area contributed by atoms with Gasteiger partial charge in [-0.25, -0.2) is 0 Å². The van der Waals surface area contributed by atoms with Gasteiger partial charge in [-0.05, 0) is 12.1 Å². The van der Waals surface area contributed by atoms with Gasteiger partial charge >= 0.3 is 0 Å². The molecular weight excluding hydrogens is 564 g/mol. The van der Waals surface area contributed by atoms with E-state index in [0.717, 1.165) is 21.2 Å². The fourth-order valence-electron chi connectivity index (χ4n) is 3.55. The zero-order valence-electron chi connectivity index (χ0n) is 19.5. The second-order valence-electron chi connectivity index (χ2n) is 7.66. The standard InChI is InChI=1S/C30H23O3P2.ClH.Ni/c31-24-21-25(32-34(27-13-5-1-6-14-27)28-15-7-2-8-16-28)23-26(22-24)33-35(29-17-9-3-10-18-29)30-19-11-4-12-20-30;;/h1-22,31H;1H;/p-1. The first-order valence-electron chi connectivity index (χ1n) is 11.2. The molecule has 37 heavy (non-hydrogen) atoms. The van der Waals surface area contributed by atoms with Gasteiger partial charge in [0.15, 0.2) is 16.3 Å². The topological polar surface area (TPSA) is 41.5 Å². The van der Waals surface area contributed by atoms with Crippen molar-refractivity contribution >= 4 is 49.9 Å². The average Bonchev–Trinajstić information content (AvgIpc) is 2.92. The summed E-state index contributed by atoms with van der Waals surface area (Å²) in [6, 6.07) is 46.4. The second-order valence-corrected chi connectivity index (χ2v) is 11.3. The Hall–Kier alpha value is -2.86. The Bertz CT molecular complexity index is 1180. The molecule has 0 aliphatic heterocycles. The first kappa shape index (κ1) is 28.7. The molecule has 189 valence electrons. The van der Waals surface area contributed by atoms with E-state index in [2.05, 4.69) is 6.07 Å². The maximum atomic E-state index is 12.7. The van der Waals surface area contributed by atoms with Crippen LogP contribution in [0.1, 0.15) is 0 Å². The van der Waals surface area contributed by atoms with E-state index in [-0.39, 0.29) is 34.6 Å². The smallest absolute Gasteiger partial charge is 0.150 e. The third-order valence-corrected chi connectivity index (χ3v) is 8.96. The first-order valence-corrected chi connectivity index (χ1v) is 13.7. The molecule has 0 aliphatic rings. The Morgan fingerprint density at radius 1 is 0.486 bits per heavy atom. The third kappa shape index (κ3) is 7.58. The quantitative estimate of drug-likeness (QED) is 0.169. The van der Waals surface area contributed by atoms with Crippen molar-refractivity contribution in [1.82, 2.24) is 0 Å². The average molecular weight is 588 g/mol. The Balaban J connectivity index is 0.00000190. The predicted molar refractivity (Wildman–Crippen MR) is 151 cm³/mol. The molecule has 0 atom stereocenters. The molecule has 5 aromatic carbocycles. The van der Waals surface area contributed by atoms with Crippen LogP contribution in [-0.4, -0.2) is 0 Å². The molecule has 0 heterocycles. The van der Waals surface area contributed by atoms with Crippen molar-refractivity contribution < 1.29 is 30.6 Å². The molecule has 3 nitrogen and oxygen atoms in total. The van der Waals surface area contributed by atoms with E-state index in [1.54, 1.807) is 0 Å². The van der Waals surface area contributed by atoms with Crippen LogP contribution in [0.15, 0.2) is 133 Å². The minimum absolute atomic E-state index is 0. The molecule has 0 amide bonds. The van der Waals surface area contributed by atoms with Crippen LogP contribution >= 0.6 is 28.7 Å². The molecule has 1 radical (unpaired) electrons. The summed E-state index contributed by atoms with van der Waals surface area (Å²) < 4.78 is 12.9. The zero-order chi connectivity index (χ0) is 23.9. The molecule has 0 bridgehead atoms. The van der Waals surface area contributed by atoms with Crippen molar-refractivity contribution in [2.45, 2.75) is 0 Å². The fraction of sp³-hybridized carbons (Fsp3) is 0. The van der Waals surface area contributed by atoms with Gasteiger partial charge in [0.05, 0.1) is 6.07 Å². The molecule has 5 aromatic rings. The Morgan fingerprint density at radius 2 is 0.757 bits per heavy atom. The zero-order valence-corrected chi connectivity index (χ0v) is 23.1. The van der Waals surface area contributed by atoms with Crippen molar-refractivity contribution in [3.63, 3.8) is 0 Å². The van der Waals surface area contributed by atoms with E-state index in [4.69, 9.17) is 9.05 Å². The Kier molecular flexibility index (Phi) is 11.0. The summed E-state index contributed by atoms with van der Waals surface area (Å²) in [5.41, 5.74) is 0. The molecule has 0 fully saturated rings.